The molecule has 7 heteroatoms. The van der Waals surface area contributed by atoms with Crippen molar-refractivity contribution >= 4 is 34.7 Å². The minimum atomic E-state index is -0.133. The van der Waals surface area contributed by atoms with Crippen molar-refractivity contribution in [3.8, 4) is 22.4 Å². The molecule has 1 aromatic carbocycles. The van der Waals surface area contributed by atoms with E-state index in [9.17, 15) is 10.1 Å². The summed E-state index contributed by atoms with van der Waals surface area (Å²) in [5.41, 5.74) is 4.62. The SMILES string of the molecule is COc1ccc(NC(=O)CSc2nc(-c3cccs3)c3c(c2C#N)CCCC3)cc1. The number of nitrogens with zero attached hydrogens (tertiary/aromatic N) is 2. The highest BCUT2D eigenvalue weighted by molar-refractivity contribution is 8.00. The Labute approximate surface area is 184 Å². The fraction of sp³-hybridized carbons (Fsp3) is 0.261. The summed E-state index contributed by atoms with van der Waals surface area (Å²) in [6, 6.07) is 13.6. The highest BCUT2D eigenvalue weighted by Gasteiger charge is 2.23. The van der Waals surface area contributed by atoms with Gasteiger partial charge in [-0.1, -0.05) is 17.8 Å². The largest absolute Gasteiger partial charge is 0.497 e. The minimum absolute atomic E-state index is 0.133. The van der Waals surface area contributed by atoms with E-state index in [0.29, 0.717) is 16.3 Å². The zero-order valence-corrected chi connectivity index (χ0v) is 18.2. The van der Waals surface area contributed by atoms with Gasteiger partial charge in [0.25, 0.3) is 0 Å². The molecule has 0 saturated heterocycles. The molecule has 0 aliphatic heterocycles. The van der Waals surface area contributed by atoms with Gasteiger partial charge in [-0.15, -0.1) is 11.3 Å². The van der Waals surface area contributed by atoms with Crippen LogP contribution in [0.2, 0.25) is 0 Å². The lowest BCUT2D eigenvalue weighted by molar-refractivity contribution is -0.113. The number of amides is 1. The van der Waals surface area contributed by atoms with E-state index >= 15 is 0 Å². The van der Waals surface area contributed by atoms with Crippen LogP contribution in [0.4, 0.5) is 5.69 Å². The van der Waals surface area contributed by atoms with Crippen molar-refractivity contribution in [3.05, 3.63) is 58.5 Å². The minimum Gasteiger partial charge on any atom is -0.497 e. The number of thiophene rings is 1. The summed E-state index contributed by atoms with van der Waals surface area (Å²) in [4.78, 5) is 18.4. The Hall–Kier alpha value is -2.82. The van der Waals surface area contributed by atoms with Gasteiger partial charge < -0.3 is 10.1 Å². The third-order valence-electron chi connectivity index (χ3n) is 5.06. The van der Waals surface area contributed by atoms with Gasteiger partial charge in [0.1, 0.15) is 16.8 Å². The molecule has 1 amide bonds. The Balaban J connectivity index is 1.56. The molecule has 0 unspecified atom stereocenters. The molecule has 5 nitrogen and oxygen atoms in total. The molecule has 0 spiro atoms. The van der Waals surface area contributed by atoms with E-state index in [4.69, 9.17) is 9.72 Å². The number of nitriles is 1. The number of methoxy groups -OCH3 is 1. The summed E-state index contributed by atoms with van der Waals surface area (Å²) in [5.74, 6) is 0.794. The van der Waals surface area contributed by atoms with Gasteiger partial charge in [0.15, 0.2) is 0 Å². The molecule has 152 valence electrons. The molecule has 0 saturated carbocycles. The number of benzene rings is 1. The molecular formula is C23H21N3O2S2. The normalized spacial score (nSPS) is 12.7. The van der Waals surface area contributed by atoms with Crippen LogP contribution >= 0.6 is 23.1 Å². The Bertz CT molecular complexity index is 1090. The summed E-state index contributed by atoms with van der Waals surface area (Å²) >= 11 is 2.98. The van der Waals surface area contributed by atoms with Crippen LogP contribution in [0.5, 0.6) is 5.75 Å². The summed E-state index contributed by atoms with van der Waals surface area (Å²) in [5, 5.41) is 15.4. The first-order chi connectivity index (χ1) is 14.7. The molecule has 4 rings (SSSR count). The number of nitrogens with one attached hydrogen (secondary N) is 1. The van der Waals surface area contributed by atoms with Gasteiger partial charge in [-0.25, -0.2) is 4.98 Å². The molecule has 0 fully saturated rings. The van der Waals surface area contributed by atoms with Crippen molar-refractivity contribution in [1.29, 1.82) is 5.26 Å². The number of anilines is 1. The van der Waals surface area contributed by atoms with Crippen molar-refractivity contribution < 1.29 is 9.53 Å². The van der Waals surface area contributed by atoms with Gasteiger partial charge in [-0.2, -0.15) is 5.26 Å². The van der Waals surface area contributed by atoms with E-state index in [1.165, 1.54) is 17.3 Å². The molecule has 2 aromatic heterocycles. The lowest BCUT2D eigenvalue weighted by Gasteiger charge is -2.21. The van der Waals surface area contributed by atoms with Crippen molar-refractivity contribution in [2.45, 2.75) is 30.7 Å². The van der Waals surface area contributed by atoms with E-state index < -0.39 is 0 Å². The third kappa shape index (κ3) is 4.35. The first-order valence-electron chi connectivity index (χ1n) is 9.76. The van der Waals surface area contributed by atoms with E-state index in [1.807, 2.05) is 11.4 Å². The Morgan fingerprint density at radius 1 is 1.23 bits per heavy atom. The van der Waals surface area contributed by atoms with Gasteiger partial charge in [-0.05, 0) is 72.5 Å². The highest BCUT2D eigenvalue weighted by Crippen LogP contribution is 2.38. The second-order valence-corrected chi connectivity index (χ2v) is 8.87. The number of pyridine rings is 1. The summed E-state index contributed by atoms with van der Waals surface area (Å²) in [6.45, 7) is 0. The number of carbonyl (C=O) groups is 1. The molecule has 1 aliphatic rings. The Kier molecular flexibility index (Phi) is 6.36. The first kappa shape index (κ1) is 20.5. The van der Waals surface area contributed by atoms with Crippen LogP contribution in [0.3, 0.4) is 0 Å². The third-order valence-corrected chi connectivity index (χ3v) is 6.91. The molecule has 30 heavy (non-hydrogen) atoms. The fourth-order valence-corrected chi connectivity index (χ4v) is 5.19. The van der Waals surface area contributed by atoms with Crippen LogP contribution in [0, 0.1) is 11.3 Å². The lowest BCUT2D eigenvalue weighted by atomic mass is 9.88. The maximum Gasteiger partial charge on any atom is 0.234 e. The van der Waals surface area contributed by atoms with Crippen molar-refractivity contribution in [3.63, 3.8) is 0 Å². The predicted octanol–water partition coefficient (Wildman–Crippen LogP) is 5.30. The maximum atomic E-state index is 12.5. The second kappa shape index (κ2) is 9.33. The summed E-state index contributed by atoms with van der Waals surface area (Å²) < 4.78 is 5.14. The number of carbonyl (C=O) groups excluding carboxylic acids is 1. The molecule has 2 heterocycles. The Morgan fingerprint density at radius 2 is 2.00 bits per heavy atom. The van der Waals surface area contributed by atoms with Crippen LogP contribution in [0.25, 0.3) is 10.6 Å². The first-order valence-corrected chi connectivity index (χ1v) is 11.6. The van der Waals surface area contributed by atoms with E-state index in [-0.39, 0.29) is 11.7 Å². The number of hydrogen-bond acceptors (Lipinski definition) is 6. The van der Waals surface area contributed by atoms with Crippen molar-refractivity contribution in [2.75, 3.05) is 18.2 Å². The molecular weight excluding hydrogens is 414 g/mol. The standard InChI is InChI=1S/C23H21N3O2S2/c1-28-16-10-8-15(9-11-16)25-21(27)14-30-23-19(13-24)17-5-2-3-6-18(17)22(26-23)20-7-4-12-29-20/h4,7-12H,2-3,5-6,14H2,1H3,(H,25,27). The number of ether oxygens (including phenoxy) is 1. The van der Waals surface area contributed by atoms with Crippen LogP contribution in [0.1, 0.15) is 29.5 Å². The smallest absolute Gasteiger partial charge is 0.234 e. The zero-order chi connectivity index (χ0) is 20.9. The number of fused-ring (bicyclic) bond motifs is 1. The van der Waals surface area contributed by atoms with Crippen LogP contribution in [-0.4, -0.2) is 23.8 Å². The maximum absolute atomic E-state index is 12.5. The highest BCUT2D eigenvalue weighted by atomic mass is 32.2. The molecule has 3 aromatic rings. The number of hydrogen-bond donors (Lipinski definition) is 1. The van der Waals surface area contributed by atoms with Crippen LogP contribution in [-0.2, 0) is 17.6 Å². The predicted molar refractivity (Wildman–Crippen MR) is 121 cm³/mol. The average molecular weight is 436 g/mol. The van der Waals surface area contributed by atoms with Gasteiger partial charge >= 0.3 is 0 Å². The Morgan fingerprint density at radius 3 is 2.67 bits per heavy atom. The van der Waals surface area contributed by atoms with Crippen molar-refractivity contribution in [2.24, 2.45) is 0 Å². The second-order valence-electron chi connectivity index (χ2n) is 6.96. The van der Waals surface area contributed by atoms with Crippen LogP contribution < -0.4 is 10.1 Å². The van der Waals surface area contributed by atoms with Crippen LogP contribution in [0.15, 0.2) is 46.8 Å². The fourth-order valence-electron chi connectivity index (χ4n) is 3.64. The summed E-state index contributed by atoms with van der Waals surface area (Å²) in [7, 11) is 1.60. The van der Waals surface area contributed by atoms with Gasteiger partial charge in [-0.3, -0.25) is 4.79 Å². The molecule has 0 bridgehead atoms. The van der Waals surface area contributed by atoms with Crippen molar-refractivity contribution in [1.82, 2.24) is 4.98 Å². The zero-order valence-electron chi connectivity index (χ0n) is 16.6. The average Bonchev–Trinajstić information content (AvgIpc) is 3.32. The van der Waals surface area contributed by atoms with Gasteiger partial charge in [0, 0.05) is 5.69 Å². The van der Waals surface area contributed by atoms with E-state index in [0.717, 1.165) is 47.6 Å². The van der Waals surface area contributed by atoms with E-state index in [1.54, 1.807) is 42.7 Å². The quantitative estimate of drug-likeness (QED) is 0.532. The number of rotatable bonds is 6. The molecule has 1 aliphatic carbocycles. The van der Waals surface area contributed by atoms with Gasteiger partial charge in [0.05, 0.1) is 29.0 Å². The van der Waals surface area contributed by atoms with Gasteiger partial charge in [0.2, 0.25) is 5.91 Å². The molecule has 1 N–H and O–H groups in total. The molecule has 0 radical (unpaired) electrons. The topological polar surface area (TPSA) is 75.0 Å². The monoisotopic (exact) mass is 435 g/mol. The summed E-state index contributed by atoms with van der Waals surface area (Å²) in [6.07, 6.45) is 4.05. The lowest BCUT2D eigenvalue weighted by Crippen LogP contribution is -2.15. The number of aromatic nitrogens is 1. The molecule has 0 atom stereocenters. The van der Waals surface area contributed by atoms with E-state index in [2.05, 4.69) is 17.5 Å². The number of thioether (sulfide) groups is 1.